The highest BCUT2D eigenvalue weighted by Crippen LogP contribution is 2.43. The van der Waals surface area contributed by atoms with Gasteiger partial charge in [0.1, 0.15) is 18.1 Å². The number of Topliss-reactive ketones (excluding diaryl/α,β-unsaturated/α-hetero) is 1. The van der Waals surface area contributed by atoms with Crippen LogP contribution in [0.15, 0.2) is 103 Å². The minimum Gasteiger partial charge on any atom is -0.507 e. The van der Waals surface area contributed by atoms with Crippen LogP contribution in [0.2, 0.25) is 0 Å². The van der Waals surface area contributed by atoms with Gasteiger partial charge in [0.05, 0.1) is 24.3 Å². The molecule has 1 heterocycles. The summed E-state index contributed by atoms with van der Waals surface area (Å²) in [6.45, 7) is 8.56. The summed E-state index contributed by atoms with van der Waals surface area (Å²) in [6, 6.07) is 28.0. The SMILES string of the molecule is COC(=O)c1ccc(N2C(=O)C(=O)/C(=C(\O)c3ccc(OCc4ccccc4)c(C)c3)C2c2ccc(C(C)(C)C)cc2)cc1. The molecule has 5 rings (SSSR count). The summed E-state index contributed by atoms with van der Waals surface area (Å²) in [5, 5.41) is 11.6. The second-order valence-electron chi connectivity index (χ2n) is 11.8. The zero-order valence-electron chi connectivity index (χ0n) is 25.5. The van der Waals surface area contributed by atoms with Gasteiger partial charge < -0.3 is 14.6 Å². The Labute approximate surface area is 257 Å². The molecule has 0 radical (unpaired) electrons. The standard InChI is InChI=1S/C37H35NO6/c1-23-21-27(15-20-30(23)44-22-24-9-7-6-8-10-24)33(39)31-32(25-11-16-28(17-12-25)37(2,3)4)38(35(41)34(31)40)29-18-13-26(14-19-29)36(42)43-5/h6-21,32,39H,22H2,1-5H3/b33-31-. The Balaban J connectivity index is 1.57. The molecule has 4 aromatic rings. The smallest absolute Gasteiger partial charge is 0.337 e. The largest absolute Gasteiger partial charge is 0.507 e. The highest BCUT2D eigenvalue weighted by molar-refractivity contribution is 6.51. The van der Waals surface area contributed by atoms with E-state index in [4.69, 9.17) is 9.47 Å². The summed E-state index contributed by atoms with van der Waals surface area (Å²) >= 11 is 0. The van der Waals surface area contributed by atoms with E-state index in [1.54, 1.807) is 30.3 Å². The van der Waals surface area contributed by atoms with Crippen molar-refractivity contribution in [3.05, 3.63) is 136 Å². The number of carbonyl (C=O) groups is 3. The van der Waals surface area contributed by atoms with E-state index in [9.17, 15) is 19.5 Å². The lowest BCUT2D eigenvalue weighted by atomic mass is 9.85. The average molecular weight is 590 g/mol. The monoisotopic (exact) mass is 589 g/mol. The van der Waals surface area contributed by atoms with Crippen molar-refractivity contribution in [3.63, 3.8) is 0 Å². The Hall–Kier alpha value is -5.17. The van der Waals surface area contributed by atoms with Crippen LogP contribution in [0.5, 0.6) is 5.75 Å². The van der Waals surface area contributed by atoms with Gasteiger partial charge in [0, 0.05) is 11.3 Å². The number of hydrogen-bond acceptors (Lipinski definition) is 6. The van der Waals surface area contributed by atoms with Gasteiger partial charge in [-0.1, -0.05) is 75.4 Å². The Morgan fingerprint density at radius 2 is 1.50 bits per heavy atom. The molecule has 0 aromatic heterocycles. The molecule has 0 spiro atoms. The first-order chi connectivity index (χ1) is 21.0. The quantitative estimate of drug-likeness (QED) is 0.105. The predicted molar refractivity (Wildman–Crippen MR) is 170 cm³/mol. The van der Waals surface area contributed by atoms with Gasteiger partial charge in [0.25, 0.3) is 11.7 Å². The fourth-order valence-electron chi connectivity index (χ4n) is 5.31. The van der Waals surface area contributed by atoms with Gasteiger partial charge in [-0.05, 0) is 77.1 Å². The zero-order valence-corrected chi connectivity index (χ0v) is 25.5. The molecule has 0 bridgehead atoms. The number of ether oxygens (including phenoxy) is 2. The van der Waals surface area contributed by atoms with E-state index in [2.05, 4.69) is 20.8 Å². The Kier molecular flexibility index (Phi) is 8.41. The van der Waals surface area contributed by atoms with E-state index >= 15 is 0 Å². The topological polar surface area (TPSA) is 93.1 Å². The second kappa shape index (κ2) is 12.2. The number of anilines is 1. The van der Waals surface area contributed by atoms with Crippen LogP contribution in [-0.2, 0) is 26.3 Å². The van der Waals surface area contributed by atoms with Crippen molar-refractivity contribution < 1.29 is 29.0 Å². The van der Waals surface area contributed by atoms with Crippen LogP contribution in [0.25, 0.3) is 5.76 Å². The molecule has 0 saturated carbocycles. The van der Waals surface area contributed by atoms with Gasteiger partial charge in [-0.2, -0.15) is 0 Å². The summed E-state index contributed by atoms with van der Waals surface area (Å²) in [4.78, 5) is 40.6. The molecule has 44 heavy (non-hydrogen) atoms. The molecule has 7 nitrogen and oxygen atoms in total. The minimum absolute atomic E-state index is 0.0205. The van der Waals surface area contributed by atoms with Crippen molar-refractivity contribution in [1.29, 1.82) is 0 Å². The number of aliphatic hydroxyl groups excluding tert-OH is 1. The highest BCUT2D eigenvalue weighted by atomic mass is 16.5. The molecule has 1 atom stereocenters. The number of carbonyl (C=O) groups excluding carboxylic acids is 3. The third-order valence-electron chi connectivity index (χ3n) is 7.79. The summed E-state index contributed by atoms with van der Waals surface area (Å²) in [7, 11) is 1.29. The molecule has 1 saturated heterocycles. The van der Waals surface area contributed by atoms with E-state index in [0.717, 1.165) is 16.7 Å². The van der Waals surface area contributed by atoms with Crippen LogP contribution in [0.4, 0.5) is 5.69 Å². The lowest BCUT2D eigenvalue weighted by Crippen LogP contribution is -2.29. The molecule has 1 fully saturated rings. The van der Waals surface area contributed by atoms with Gasteiger partial charge in [0.2, 0.25) is 0 Å². The summed E-state index contributed by atoms with van der Waals surface area (Å²) < 4.78 is 10.8. The number of esters is 1. The van der Waals surface area contributed by atoms with Gasteiger partial charge in [0.15, 0.2) is 0 Å². The molecule has 0 aliphatic carbocycles. The first kappa shape index (κ1) is 30.3. The second-order valence-corrected chi connectivity index (χ2v) is 11.8. The molecular weight excluding hydrogens is 554 g/mol. The van der Waals surface area contributed by atoms with Crippen LogP contribution in [0, 0.1) is 6.92 Å². The molecule has 7 heteroatoms. The molecule has 1 unspecified atom stereocenters. The van der Waals surface area contributed by atoms with Crippen molar-refractivity contribution in [2.45, 2.75) is 45.8 Å². The number of methoxy groups -OCH3 is 1. The number of hydrogen-bond donors (Lipinski definition) is 1. The maximum atomic E-state index is 13.6. The van der Waals surface area contributed by atoms with Gasteiger partial charge in [-0.15, -0.1) is 0 Å². The molecule has 1 aliphatic heterocycles. The summed E-state index contributed by atoms with van der Waals surface area (Å²) in [5.74, 6) is -1.72. The van der Waals surface area contributed by atoms with Crippen molar-refractivity contribution in [2.24, 2.45) is 0 Å². The first-order valence-corrected chi connectivity index (χ1v) is 14.4. The van der Waals surface area contributed by atoms with E-state index in [0.29, 0.717) is 34.7 Å². The highest BCUT2D eigenvalue weighted by Gasteiger charge is 2.47. The number of aliphatic hydroxyl groups is 1. The fourth-order valence-corrected chi connectivity index (χ4v) is 5.31. The predicted octanol–water partition coefficient (Wildman–Crippen LogP) is 7.28. The van der Waals surface area contributed by atoms with Crippen LogP contribution >= 0.6 is 0 Å². The van der Waals surface area contributed by atoms with Crippen LogP contribution in [0.3, 0.4) is 0 Å². The number of nitrogens with zero attached hydrogens (tertiary/aromatic N) is 1. The summed E-state index contributed by atoms with van der Waals surface area (Å²) in [5.41, 5.74) is 4.52. The lowest BCUT2D eigenvalue weighted by Gasteiger charge is -2.26. The third-order valence-corrected chi connectivity index (χ3v) is 7.79. The fraction of sp³-hybridized carbons (Fsp3) is 0.216. The minimum atomic E-state index is -0.901. The van der Waals surface area contributed by atoms with Crippen molar-refractivity contribution in [1.82, 2.24) is 0 Å². The molecule has 1 aliphatic rings. The van der Waals surface area contributed by atoms with E-state index in [1.807, 2.05) is 61.5 Å². The van der Waals surface area contributed by atoms with Gasteiger partial charge >= 0.3 is 5.97 Å². The van der Waals surface area contributed by atoms with Crippen LogP contribution in [-0.4, -0.2) is 29.9 Å². The Morgan fingerprint density at radius 3 is 2.09 bits per heavy atom. The van der Waals surface area contributed by atoms with Crippen molar-refractivity contribution >= 4 is 29.1 Å². The number of amides is 1. The zero-order chi connectivity index (χ0) is 31.6. The van der Waals surface area contributed by atoms with E-state index in [-0.39, 0.29) is 16.7 Å². The van der Waals surface area contributed by atoms with Crippen LogP contribution < -0.4 is 9.64 Å². The normalized spacial score (nSPS) is 16.2. The number of ketones is 1. The average Bonchev–Trinajstić information content (AvgIpc) is 3.29. The number of aryl methyl sites for hydroxylation is 1. The maximum Gasteiger partial charge on any atom is 0.337 e. The summed E-state index contributed by atoms with van der Waals surface area (Å²) in [6.07, 6.45) is 0. The molecule has 1 amide bonds. The van der Waals surface area contributed by atoms with E-state index < -0.39 is 23.7 Å². The van der Waals surface area contributed by atoms with Crippen molar-refractivity contribution in [3.8, 4) is 5.75 Å². The lowest BCUT2D eigenvalue weighted by molar-refractivity contribution is -0.132. The van der Waals surface area contributed by atoms with E-state index in [1.165, 1.54) is 24.1 Å². The molecule has 4 aromatic carbocycles. The van der Waals surface area contributed by atoms with Crippen LogP contribution in [0.1, 0.15) is 65.0 Å². The van der Waals surface area contributed by atoms with Gasteiger partial charge in [-0.25, -0.2) is 4.79 Å². The molecule has 1 N–H and O–H groups in total. The Morgan fingerprint density at radius 1 is 0.864 bits per heavy atom. The number of benzene rings is 4. The molecule has 224 valence electrons. The third kappa shape index (κ3) is 5.99. The van der Waals surface area contributed by atoms with Crippen molar-refractivity contribution in [2.75, 3.05) is 12.0 Å². The maximum absolute atomic E-state index is 13.6. The molecular formula is C37H35NO6. The van der Waals surface area contributed by atoms with Gasteiger partial charge in [-0.3, -0.25) is 14.5 Å². The number of rotatable bonds is 7. The first-order valence-electron chi connectivity index (χ1n) is 14.4. The Bertz CT molecular complexity index is 1730.